The molecular formula is C14H12BrN7O. The van der Waals surface area contributed by atoms with Crippen LogP contribution in [-0.4, -0.2) is 33.1 Å². The monoisotopic (exact) mass is 373 g/mol. The Labute approximate surface area is 140 Å². The number of nitriles is 1. The van der Waals surface area contributed by atoms with E-state index in [9.17, 15) is 10.1 Å². The summed E-state index contributed by atoms with van der Waals surface area (Å²) in [6.07, 6.45) is 2.30. The number of nitrogens with one attached hydrogen (secondary N) is 2. The van der Waals surface area contributed by atoms with Gasteiger partial charge in [-0.25, -0.2) is 0 Å². The molecule has 2 heterocycles. The minimum absolute atomic E-state index is 0.0169. The lowest BCUT2D eigenvalue weighted by Crippen LogP contribution is -2.26. The van der Waals surface area contributed by atoms with Gasteiger partial charge >= 0.3 is 0 Å². The number of carbonyl (C=O) groups excluding carboxylic acids is 1. The smallest absolute Gasteiger partial charge is 0.223 e. The van der Waals surface area contributed by atoms with Crippen LogP contribution in [0.5, 0.6) is 0 Å². The molecule has 1 aromatic carbocycles. The molecule has 0 spiro atoms. The number of allylic oxidation sites excluding steroid dienone is 1. The van der Waals surface area contributed by atoms with Crippen LogP contribution in [0.2, 0.25) is 0 Å². The second-order valence-electron chi connectivity index (χ2n) is 4.93. The Bertz CT molecular complexity index is 822. The lowest BCUT2D eigenvalue weighted by atomic mass is 10.1. The zero-order chi connectivity index (χ0) is 16.4. The Morgan fingerprint density at radius 3 is 3.04 bits per heavy atom. The molecule has 1 aliphatic heterocycles. The third-order valence-electron chi connectivity index (χ3n) is 3.49. The average molecular weight is 374 g/mol. The van der Waals surface area contributed by atoms with Crippen LogP contribution in [0.25, 0.3) is 5.57 Å². The quantitative estimate of drug-likeness (QED) is 0.794. The van der Waals surface area contributed by atoms with Gasteiger partial charge in [-0.3, -0.25) is 4.79 Å². The predicted molar refractivity (Wildman–Crippen MR) is 87.3 cm³/mol. The van der Waals surface area contributed by atoms with Crippen LogP contribution in [0.4, 0.5) is 11.4 Å². The van der Waals surface area contributed by atoms with Crippen molar-refractivity contribution in [1.29, 1.82) is 5.26 Å². The Kier molecular flexibility index (Phi) is 4.08. The molecule has 1 aliphatic rings. The Hall–Kier alpha value is -2.73. The summed E-state index contributed by atoms with van der Waals surface area (Å²) in [5, 5.41) is 25.6. The molecule has 2 aromatic rings. The third kappa shape index (κ3) is 2.93. The van der Waals surface area contributed by atoms with Crippen molar-refractivity contribution in [2.24, 2.45) is 0 Å². The number of rotatable bonds is 3. The van der Waals surface area contributed by atoms with Crippen molar-refractivity contribution in [3.8, 4) is 6.07 Å². The maximum atomic E-state index is 11.8. The first-order valence-corrected chi connectivity index (χ1v) is 7.60. The van der Waals surface area contributed by atoms with E-state index in [2.05, 4.69) is 41.9 Å². The first-order valence-electron chi connectivity index (χ1n) is 6.81. The number of aromatic amines is 1. The first kappa shape index (κ1) is 15.2. The van der Waals surface area contributed by atoms with Crippen molar-refractivity contribution in [2.45, 2.75) is 13.3 Å². The van der Waals surface area contributed by atoms with E-state index in [-0.39, 0.29) is 17.3 Å². The van der Waals surface area contributed by atoms with E-state index in [1.807, 2.05) is 18.2 Å². The minimum Gasteiger partial charge on any atom is -0.359 e. The van der Waals surface area contributed by atoms with Crippen molar-refractivity contribution >= 4 is 38.8 Å². The fourth-order valence-electron chi connectivity index (χ4n) is 2.51. The number of carbonyl (C=O) groups is 1. The number of tetrazole rings is 1. The number of hydrogen-bond donors (Lipinski definition) is 2. The Morgan fingerprint density at radius 2 is 2.39 bits per heavy atom. The molecule has 1 aromatic heterocycles. The van der Waals surface area contributed by atoms with Crippen molar-refractivity contribution in [3.63, 3.8) is 0 Å². The van der Waals surface area contributed by atoms with Gasteiger partial charge in [0, 0.05) is 24.1 Å². The molecule has 1 amide bonds. The minimum atomic E-state index is -0.0169. The second-order valence-corrected chi connectivity index (χ2v) is 5.85. The predicted octanol–water partition coefficient (Wildman–Crippen LogP) is 1.85. The number of H-pyrrole nitrogens is 1. The summed E-state index contributed by atoms with van der Waals surface area (Å²) in [5.74, 6) is 0.187. The summed E-state index contributed by atoms with van der Waals surface area (Å²) < 4.78 is 0.899. The molecule has 116 valence electrons. The normalized spacial score (nSPS) is 13.6. The van der Waals surface area contributed by atoms with Crippen LogP contribution >= 0.6 is 15.9 Å². The van der Waals surface area contributed by atoms with Crippen LogP contribution < -0.4 is 10.2 Å². The molecule has 23 heavy (non-hydrogen) atoms. The summed E-state index contributed by atoms with van der Waals surface area (Å²) in [5.41, 5.74) is 2.88. The molecular weight excluding hydrogens is 362 g/mol. The SMILES string of the molecule is CC(=O)N1CCc2cc(Br)cc(NC=C(C#N)c3nn[nH]n3)c21. The van der Waals surface area contributed by atoms with Gasteiger partial charge in [0.15, 0.2) is 0 Å². The van der Waals surface area contributed by atoms with Crippen molar-refractivity contribution < 1.29 is 4.79 Å². The van der Waals surface area contributed by atoms with Crippen molar-refractivity contribution in [1.82, 2.24) is 20.6 Å². The third-order valence-corrected chi connectivity index (χ3v) is 3.94. The average Bonchev–Trinajstić information content (AvgIpc) is 3.16. The maximum Gasteiger partial charge on any atom is 0.223 e. The highest BCUT2D eigenvalue weighted by Gasteiger charge is 2.25. The summed E-state index contributed by atoms with van der Waals surface area (Å²) in [7, 11) is 0. The molecule has 9 heteroatoms. The van der Waals surface area contributed by atoms with E-state index in [0.29, 0.717) is 6.54 Å². The fraction of sp³-hybridized carbons (Fsp3) is 0.214. The number of hydrogen-bond acceptors (Lipinski definition) is 6. The number of fused-ring (bicyclic) bond motifs is 1. The fourth-order valence-corrected chi connectivity index (χ4v) is 3.01. The van der Waals surface area contributed by atoms with Crippen LogP contribution in [0.15, 0.2) is 22.8 Å². The Balaban J connectivity index is 1.98. The molecule has 0 bridgehead atoms. The molecule has 0 saturated heterocycles. The zero-order valence-electron chi connectivity index (χ0n) is 12.2. The van der Waals surface area contributed by atoms with Crippen LogP contribution in [-0.2, 0) is 11.2 Å². The molecule has 0 radical (unpaired) electrons. The largest absolute Gasteiger partial charge is 0.359 e. The van der Waals surface area contributed by atoms with Gasteiger partial charge in [-0.2, -0.15) is 10.5 Å². The van der Waals surface area contributed by atoms with Gasteiger partial charge in [-0.15, -0.1) is 10.2 Å². The molecule has 0 fully saturated rings. The van der Waals surface area contributed by atoms with Crippen molar-refractivity contribution in [2.75, 3.05) is 16.8 Å². The topological polar surface area (TPSA) is 111 Å². The molecule has 0 aliphatic carbocycles. The van der Waals surface area contributed by atoms with Gasteiger partial charge in [-0.1, -0.05) is 15.9 Å². The molecule has 2 N–H and O–H groups in total. The van der Waals surface area contributed by atoms with E-state index in [1.165, 1.54) is 13.1 Å². The number of nitrogens with zero attached hydrogens (tertiary/aromatic N) is 5. The molecule has 0 saturated carbocycles. The lowest BCUT2D eigenvalue weighted by molar-refractivity contribution is -0.116. The van der Waals surface area contributed by atoms with Gasteiger partial charge in [0.2, 0.25) is 11.7 Å². The summed E-state index contributed by atoms with van der Waals surface area (Å²) >= 11 is 3.47. The van der Waals surface area contributed by atoms with E-state index in [1.54, 1.807) is 4.90 Å². The highest BCUT2D eigenvalue weighted by atomic mass is 79.9. The number of benzene rings is 1. The first-order chi connectivity index (χ1) is 11.1. The van der Waals surface area contributed by atoms with Gasteiger partial charge in [0.25, 0.3) is 0 Å². The summed E-state index contributed by atoms with van der Waals surface area (Å²) in [4.78, 5) is 13.5. The van der Waals surface area contributed by atoms with E-state index in [4.69, 9.17) is 0 Å². The van der Waals surface area contributed by atoms with Gasteiger partial charge in [-0.05, 0) is 29.3 Å². The van der Waals surface area contributed by atoms with Gasteiger partial charge in [0.05, 0.1) is 11.4 Å². The second kappa shape index (κ2) is 6.18. The maximum absolute atomic E-state index is 11.8. The highest BCUT2D eigenvalue weighted by molar-refractivity contribution is 9.10. The number of anilines is 2. The number of halogens is 1. The van der Waals surface area contributed by atoms with E-state index >= 15 is 0 Å². The van der Waals surface area contributed by atoms with E-state index < -0.39 is 0 Å². The zero-order valence-corrected chi connectivity index (χ0v) is 13.8. The number of amides is 1. The van der Waals surface area contributed by atoms with Gasteiger partial charge in [0.1, 0.15) is 11.6 Å². The van der Waals surface area contributed by atoms with Crippen LogP contribution in [0.1, 0.15) is 18.3 Å². The molecule has 8 nitrogen and oxygen atoms in total. The van der Waals surface area contributed by atoms with Gasteiger partial charge < -0.3 is 10.2 Å². The Morgan fingerprint density at radius 1 is 1.57 bits per heavy atom. The molecule has 3 rings (SSSR count). The highest BCUT2D eigenvalue weighted by Crippen LogP contribution is 2.38. The lowest BCUT2D eigenvalue weighted by Gasteiger charge is -2.19. The molecule has 0 atom stereocenters. The molecule has 0 unspecified atom stereocenters. The summed E-state index contributed by atoms with van der Waals surface area (Å²) in [6, 6.07) is 5.87. The van der Waals surface area contributed by atoms with E-state index in [0.717, 1.165) is 27.8 Å². The van der Waals surface area contributed by atoms with Crippen molar-refractivity contribution in [3.05, 3.63) is 34.2 Å². The number of aromatic nitrogens is 4. The van der Waals surface area contributed by atoms with Crippen LogP contribution in [0.3, 0.4) is 0 Å². The summed E-state index contributed by atoms with van der Waals surface area (Å²) in [6.45, 7) is 2.19. The van der Waals surface area contributed by atoms with Crippen LogP contribution in [0, 0.1) is 11.3 Å². The standard InChI is InChI=1S/C14H12BrN7O/c1-8(23)22-3-2-9-4-11(15)5-12(13(9)22)17-7-10(6-16)14-18-20-21-19-14/h4-5,7,17H,2-3H2,1H3,(H,18,19,20,21).